The van der Waals surface area contributed by atoms with E-state index in [9.17, 15) is 4.79 Å². The summed E-state index contributed by atoms with van der Waals surface area (Å²) < 4.78 is 0. The summed E-state index contributed by atoms with van der Waals surface area (Å²) in [4.78, 5) is 14.1. The molecule has 1 heterocycles. The third kappa shape index (κ3) is 3.67. The van der Waals surface area contributed by atoms with E-state index in [-0.39, 0.29) is 5.91 Å². The van der Waals surface area contributed by atoms with Crippen molar-refractivity contribution in [3.05, 3.63) is 41.5 Å². The van der Waals surface area contributed by atoms with E-state index in [1.54, 1.807) is 6.08 Å². The third-order valence-electron chi connectivity index (χ3n) is 3.46. The second kappa shape index (κ2) is 6.02. The van der Waals surface area contributed by atoms with E-state index in [1.165, 1.54) is 5.56 Å². The predicted molar refractivity (Wildman–Crippen MR) is 78.9 cm³/mol. The first-order valence-electron chi connectivity index (χ1n) is 6.85. The van der Waals surface area contributed by atoms with Crippen LogP contribution in [0.15, 0.2) is 30.3 Å². The zero-order valence-electron chi connectivity index (χ0n) is 11.9. The second-order valence-electron chi connectivity index (χ2n) is 5.40. The average Bonchev–Trinajstić information content (AvgIpc) is 2.36. The number of piperazine rings is 1. The largest absolute Gasteiger partial charge is 0.336 e. The summed E-state index contributed by atoms with van der Waals surface area (Å²) in [7, 11) is 0. The zero-order valence-corrected chi connectivity index (χ0v) is 11.9. The van der Waals surface area contributed by atoms with Gasteiger partial charge in [-0.3, -0.25) is 4.79 Å². The molecule has 1 aliphatic heterocycles. The molecule has 0 spiro atoms. The van der Waals surface area contributed by atoms with Crippen LogP contribution in [0.5, 0.6) is 0 Å². The van der Waals surface area contributed by atoms with Crippen LogP contribution in [-0.2, 0) is 4.79 Å². The SMILES string of the molecule is Cc1ccccc1C=CC(=O)N1CC(C)NC(C)C1. The van der Waals surface area contributed by atoms with Gasteiger partial charge in [-0.15, -0.1) is 0 Å². The minimum Gasteiger partial charge on any atom is -0.336 e. The van der Waals surface area contributed by atoms with Gasteiger partial charge in [-0.25, -0.2) is 0 Å². The highest BCUT2D eigenvalue weighted by atomic mass is 16.2. The molecule has 0 bridgehead atoms. The highest BCUT2D eigenvalue weighted by molar-refractivity contribution is 5.92. The van der Waals surface area contributed by atoms with Crippen molar-refractivity contribution in [3.8, 4) is 0 Å². The van der Waals surface area contributed by atoms with E-state index in [2.05, 4.69) is 32.2 Å². The molecular formula is C16H22N2O. The highest BCUT2D eigenvalue weighted by Crippen LogP contribution is 2.10. The van der Waals surface area contributed by atoms with Gasteiger partial charge in [0.1, 0.15) is 0 Å². The van der Waals surface area contributed by atoms with E-state index in [0.29, 0.717) is 12.1 Å². The van der Waals surface area contributed by atoms with Crippen molar-refractivity contribution in [2.75, 3.05) is 13.1 Å². The number of nitrogens with one attached hydrogen (secondary N) is 1. The molecule has 2 rings (SSSR count). The van der Waals surface area contributed by atoms with Crippen molar-refractivity contribution in [2.45, 2.75) is 32.9 Å². The van der Waals surface area contributed by atoms with Crippen LogP contribution in [-0.4, -0.2) is 36.0 Å². The standard InChI is InChI=1S/C16H22N2O/c1-12-6-4-5-7-15(12)8-9-16(19)18-10-13(2)17-14(3)11-18/h4-9,13-14,17H,10-11H2,1-3H3. The molecule has 0 aromatic heterocycles. The number of aryl methyl sites for hydroxylation is 1. The molecule has 2 unspecified atom stereocenters. The molecule has 1 N–H and O–H groups in total. The number of hydrogen-bond acceptors (Lipinski definition) is 2. The van der Waals surface area contributed by atoms with Gasteiger partial charge < -0.3 is 10.2 Å². The molecule has 0 saturated carbocycles. The molecule has 1 aromatic carbocycles. The fourth-order valence-corrected chi connectivity index (χ4v) is 2.55. The Morgan fingerprint density at radius 2 is 1.89 bits per heavy atom. The normalized spacial score (nSPS) is 23.8. The van der Waals surface area contributed by atoms with Gasteiger partial charge in [-0.05, 0) is 38.0 Å². The summed E-state index contributed by atoms with van der Waals surface area (Å²) >= 11 is 0. The highest BCUT2D eigenvalue weighted by Gasteiger charge is 2.23. The maximum atomic E-state index is 12.2. The smallest absolute Gasteiger partial charge is 0.246 e. The fourth-order valence-electron chi connectivity index (χ4n) is 2.55. The summed E-state index contributed by atoms with van der Waals surface area (Å²) in [6.07, 6.45) is 3.60. The first-order valence-corrected chi connectivity index (χ1v) is 6.85. The van der Waals surface area contributed by atoms with Gasteiger partial charge in [0, 0.05) is 31.2 Å². The Morgan fingerprint density at radius 3 is 2.53 bits per heavy atom. The van der Waals surface area contributed by atoms with Crippen molar-refractivity contribution >= 4 is 12.0 Å². The van der Waals surface area contributed by atoms with Gasteiger partial charge in [-0.1, -0.05) is 24.3 Å². The molecule has 0 aliphatic carbocycles. The molecule has 19 heavy (non-hydrogen) atoms. The molecule has 3 heteroatoms. The third-order valence-corrected chi connectivity index (χ3v) is 3.46. The van der Waals surface area contributed by atoms with E-state index in [4.69, 9.17) is 0 Å². The lowest BCUT2D eigenvalue weighted by atomic mass is 10.1. The monoisotopic (exact) mass is 258 g/mol. The maximum Gasteiger partial charge on any atom is 0.246 e. The van der Waals surface area contributed by atoms with Gasteiger partial charge in [0.15, 0.2) is 0 Å². The summed E-state index contributed by atoms with van der Waals surface area (Å²) in [6, 6.07) is 8.81. The minimum atomic E-state index is 0.100. The number of benzene rings is 1. The number of hydrogen-bond donors (Lipinski definition) is 1. The van der Waals surface area contributed by atoms with Gasteiger partial charge >= 0.3 is 0 Å². The molecule has 102 valence electrons. The van der Waals surface area contributed by atoms with Crippen LogP contribution in [0.1, 0.15) is 25.0 Å². The Hall–Kier alpha value is -1.61. The first-order chi connectivity index (χ1) is 9.06. The van der Waals surface area contributed by atoms with Crippen LogP contribution in [0.3, 0.4) is 0 Å². The molecule has 1 aromatic rings. The summed E-state index contributed by atoms with van der Waals surface area (Å²) in [5.41, 5.74) is 2.29. The van der Waals surface area contributed by atoms with Crippen molar-refractivity contribution in [2.24, 2.45) is 0 Å². The van der Waals surface area contributed by atoms with Crippen LogP contribution in [0.4, 0.5) is 0 Å². The lowest BCUT2D eigenvalue weighted by molar-refractivity contribution is -0.127. The Balaban J connectivity index is 2.03. The molecule has 1 fully saturated rings. The van der Waals surface area contributed by atoms with E-state index >= 15 is 0 Å². The second-order valence-corrected chi connectivity index (χ2v) is 5.40. The van der Waals surface area contributed by atoms with Crippen molar-refractivity contribution in [1.82, 2.24) is 10.2 Å². The molecule has 1 amide bonds. The van der Waals surface area contributed by atoms with Gasteiger partial charge in [-0.2, -0.15) is 0 Å². The summed E-state index contributed by atoms with van der Waals surface area (Å²) in [5, 5.41) is 3.43. The van der Waals surface area contributed by atoms with Crippen LogP contribution in [0, 0.1) is 6.92 Å². The van der Waals surface area contributed by atoms with Gasteiger partial charge in [0.25, 0.3) is 0 Å². The Bertz CT molecular complexity index is 471. The van der Waals surface area contributed by atoms with Crippen molar-refractivity contribution in [3.63, 3.8) is 0 Å². The summed E-state index contributed by atoms with van der Waals surface area (Å²) in [6.45, 7) is 7.84. The topological polar surface area (TPSA) is 32.3 Å². The molecule has 2 atom stereocenters. The molecule has 1 saturated heterocycles. The number of carbonyl (C=O) groups excluding carboxylic acids is 1. The zero-order chi connectivity index (χ0) is 13.8. The molecule has 3 nitrogen and oxygen atoms in total. The van der Waals surface area contributed by atoms with Gasteiger partial charge in [0.05, 0.1) is 0 Å². The lowest BCUT2D eigenvalue weighted by Gasteiger charge is -2.35. The number of nitrogens with zero attached hydrogens (tertiary/aromatic N) is 1. The van der Waals surface area contributed by atoms with Crippen LogP contribution in [0.25, 0.3) is 6.08 Å². The van der Waals surface area contributed by atoms with Crippen LogP contribution < -0.4 is 5.32 Å². The van der Waals surface area contributed by atoms with E-state index < -0.39 is 0 Å². The van der Waals surface area contributed by atoms with Crippen LogP contribution >= 0.6 is 0 Å². The van der Waals surface area contributed by atoms with Crippen molar-refractivity contribution < 1.29 is 4.79 Å². The van der Waals surface area contributed by atoms with E-state index in [0.717, 1.165) is 18.7 Å². The number of rotatable bonds is 2. The maximum absolute atomic E-state index is 12.2. The Labute approximate surface area is 115 Å². The minimum absolute atomic E-state index is 0.100. The fraction of sp³-hybridized carbons (Fsp3) is 0.438. The molecular weight excluding hydrogens is 236 g/mol. The molecule has 0 radical (unpaired) electrons. The first kappa shape index (κ1) is 13.8. The van der Waals surface area contributed by atoms with Gasteiger partial charge in [0.2, 0.25) is 5.91 Å². The van der Waals surface area contributed by atoms with Crippen LogP contribution in [0.2, 0.25) is 0 Å². The average molecular weight is 258 g/mol. The predicted octanol–water partition coefficient (Wildman–Crippen LogP) is 2.22. The molecule has 1 aliphatic rings. The van der Waals surface area contributed by atoms with E-state index in [1.807, 2.05) is 29.2 Å². The number of amides is 1. The Kier molecular flexibility index (Phi) is 4.38. The Morgan fingerprint density at radius 1 is 1.26 bits per heavy atom. The number of carbonyl (C=O) groups is 1. The quantitative estimate of drug-likeness (QED) is 0.825. The van der Waals surface area contributed by atoms with Crippen molar-refractivity contribution in [1.29, 1.82) is 0 Å². The lowest BCUT2D eigenvalue weighted by Crippen LogP contribution is -2.55. The summed E-state index contributed by atoms with van der Waals surface area (Å²) in [5.74, 6) is 0.100.